The van der Waals surface area contributed by atoms with Crippen molar-refractivity contribution < 1.29 is 4.79 Å². The Labute approximate surface area is 91.0 Å². The summed E-state index contributed by atoms with van der Waals surface area (Å²) in [7, 11) is 0. The number of halogens is 1. The van der Waals surface area contributed by atoms with Gasteiger partial charge in [-0.05, 0) is 41.0 Å². The van der Waals surface area contributed by atoms with Crippen molar-refractivity contribution in [3.63, 3.8) is 0 Å². The van der Waals surface area contributed by atoms with Crippen LogP contribution in [0.2, 0.25) is 0 Å². The van der Waals surface area contributed by atoms with Gasteiger partial charge >= 0.3 is 0 Å². The first-order valence-electron chi connectivity index (χ1n) is 4.34. The molecule has 3 N–H and O–H groups in total. The van der Waals surface area contributed by atoms with E-state index in [0.717, 1.165) is 6.42 Å². The second-order valence-corrected chi connectivity index (χ2v) is 3.58. The molecule has 0 aliphatic rings. The third-order valence-electron chi connectivity index (χ3n) is 1.66. The molecule has 0 unspecified atom stereocenters. The maximum absolute atomic E-state index is 11.5. The Bertz CT molecular complexity index is 317. The van der Waals surface area contributed by atoms with Crippen molar-refractivity contribution in [2.45, 2.75) is 6.42 Å². The Morgan fingerprint density at radius 1 is 1.64 bits per heavy atom. The molecular weight excluding hydrogens is 246 g/mol. The van der Waals surface area contributed by atoms with Gasteiger partial charge in [-0.2, -0.15) is 0 Å². The highest BCUT2D eigenvalue weighted by atomic mass is 79.9. The highest BCUT2D eigenvalue weighted by Gasteiger charge is 2.04. The van der Waals surface area contributed by atoms with Crippen molar-refractivity contribution in [2.24, 2.45) is 5.73 Å². The highest BCUT2D eigenvalue weighted by molar-refractivity contribution is 9.10. The molecule has 0 atom stereocenters. The van der Waals surface area contributed by atoms with Crippen LogP contribution < -0.4 is 11.1 Å². The average Bonchev–Trinajstić information content (AvgIpc) is 2.18. The van der Waals surface area contributed by atoms with Gasteiger partial charge in [0.2, 0.25) is 0 Å². The fourth-order valence-electron chi connectivity index (χ4n) is 0.950. The highest BCUT2D eigenvalue weighted by Crippen LogP contribution is 2.07. The van der Waals surface area contributed by atoms with Gasteiger partial charge < -0.3 is 11.1 Å². The minimum Gasteiger partial charge on any atom is -0.352 e. The van der Waals surface area contributed by atoms with E-state index in [4.69, 9.17) is 5.73 Å². The first-order chi connectivity index (χ1) is 6.74. The third-order valence-corrected chi connectivity index (χ3v) is 2.09. The van der Waals surface area contributed by atoms with Crippen LogP contribution in [0.3, 0.4) is 0 Å². The minimum atomic E-state index is -0.0958. The van der Waals surface area contributed by atoms with Gasteiger partial charge in [0.1, 0.15) is 4.60 Å². The lowest BCUT2D eigenvalue weighted by Gasteiger charge is -2.03. The molecule has 1 amide bonds. The van der Waals surface area contributed by atoms with E-state index in [9.17, 15) is 4.79 Å². The van der Waals surface area contributed by atoms with Gasteiger partial charge in [0, 0.05) is 18.3 Å². The number of nitrogens with zero attached hydrogens (tertiary/aromatic N) is 1. The largest absolute Gasteiger partial charge is 0.352 e. The Balaban J connectivity index is 2.52. The molecule has 0 fully saturated rings. The van der Waals surface area contributed by atoms with E-state index in [-0.39, 0.29) is 5.91 Å². The number of hydrogen-bond donors (Lipinski definition) is 2. The van der Waals surface area contributed by atoms with Gasteiger partial charge in [0.15, 0.2) is 0 Å². The molecular formula is C9H12BrN3O. The first kappa shape index (κ1) is 11.1. The summed E-state index contributed by atoms with van der Waals surface area (Å²) >= 11 is 3.20. The smallest absolute Gasteiger partial charge is 0.251 e. The van der Waals surface area contributed by atoms with Gasteiger partial charge in [-0.15, -0.1) is 0 Å². The van der Waals surface area contributed by atoms with Gasteiger partial charge in [0.05, 0.1) is 0 Å². The topological polar surface area (TPSA) is 68.0 Å². The quantitative estimate of drug-likeness (QED) is 0.623. The van der Waals surface area contributed by atoms with Gasteiger partial charge in [-0.25, -0.2) is 4.98 Å². The third kappa shape index (κ3) is 3.43. The number of carbonyl (C=O) groups excluding carboxylic acids is 1. The average molecular weight is 258 g/mol. The Morgan fingerprint density at radius 3 is 3.07 bits per heavy atom. The Kier molecular flexibility index (Phi) is 4.55. The van der Waals surface area contributed by atoms with E-state index in [0.29, 0.717) is 23.3 Å². The van der Waals surface area contributed by atoms with Gasteiger partial charge in [-0.3, -0.25) is 4.79 Å². The summed E-state index contributed by atoms with van der Waals surface area (Å²) in [6.07, 6.45) is 2.37. The summed E-state index contributed by atoms with van der Waals surface area (Å²) in [5.74, 6) is -0.0958. The number of pyridine rings is 1. The number of aromatic nitrogens is 1. The lowest BCUT2D eigenvalue weighted by Crippen LogP contribution is -2.25. The molecule has 1 rings (SSSR count). The van der Waals surface area contributed by atoms with Crippen LogP contribution in [-0.4, -0.2) is 24.0 Å². The summed E-state index contributed by atoms with van der Waals surface area (Å²) < 4.78 is 0.656. The standard InChI is InChI=1S/C9H12BrN3O/c10-8-6-7(2-5-12-8)9(14)13-4-1-3-11/h2,5-6H,1,3-4,11H2,(H,13,14). The number of carbonyl (C=O) groups is 1. The van der Waals surface area contributed by atoms with Crippen molar-refractivity contribution in [1.29, 1.82) is 0 Å². The molecule has 0 aliphatic carbocycles. The number of rotatable bonds is 4. The fourth-order valence-corrected chi connectivity index (χ4v) is 1.31. The fraction of sp³-hybridized carbons (Fsp3) is 0.333. The monoisotopic (exact) mass is 257 g/mol. The minimum absolute atomic E-state index is 0.0958. The summed E-state index contributed by atoms with van der Waals surface area (Å²) in [5, 5.41) is 2.76. The summed E-state index contributed by atoms with van der Waals surface area (Å²) in [6.45, 7) is 1.19. The molecule has 0 aromatic carbocycles. The molecule has 5 heteroatoms. The molecule has 0 bridgehead atoms. The van der Waals surface area contributed by atoms with Crippen LogP contribution in [0.25, 0.3) is 0 Å². The van der Waals surface area contributed by atoms with Gasteiger partial charge in [-0.1, -0.05) is 0 Å². The van der Waals surface area contributed by atoms with Crippen LogP contribution in [-0.2, 0) is 0 Å². The lowest BCUT2D eigenvalue weighted by molar-refractivity contribution is 0.0953. The molecule has 0 saturated heterocycles. The lowest BCUT2D eigenvalue weighted by atomic mass is 10.2. The second kappa shape index (κ2) is 5.72. The summed E-state index contributed by atoms with van der Waals surface area (Å²) in [4.78, 5) is 15.4. The molecule has 76 valence electrons. The summed E-state index contributed by atoms with van der Waals surface area (Å²) in [6, 6.07) is 3.35. The molecule has 1 heterocycles. The molecule has 1 aromatic heterocycles. The van der Waals surface area contributed by atoms with E-state index < -0.39 is 0 Å². The van der Waals surface area contributed by atoms with E-state index in [1.807, 2.05) is 0 Å². The second-order valence-electron chi connectivity index (χ2n) is 2.77. The van der Waals surface area contributed by atoms with Gasteiger partial charge in [0.25, 0.3) is 5.91 Å². The number of nitrogens with two attached hydrogens (primary N) is 1. The Morgan fingerprint density at radius 2 is 2.43 bits per heavy atom. The Hall–Kier alpha value is -0.940. The first-order valence-corrected chi connectivity index (χ1v) is 5.13. The van der Waals surface area contributed by atoms with Crippen molar-refractivity contribution in [1.82, 2.24) is 10.3 Å². The molecule has 0 spiro atoms. The molecule has 0 radical (unpaired) electrons. The predicted molar refractivity (Wildman–Crippen MR) is 57.9 cm³/mol. The normalized spacial score (nSPS) is 9.86. The molecule has 14 heavy (non-hydrogen) atoms. The van der Waals surface area contributed by atoms with Crippen molar-refractivity contribution in [3.8, 4) is 0 Å². The number of hydrogen-bond acceptors (Lipinski definition) is 3. The van der Waals surface area contributed by atoms with E-state index in [1.54, 1.807) is 18.3 Å². The van der Waals surface area contributed by atoms with Crippen LogP contribution in [0.5, 0.6) is 0 Å². The number of nitrogens with one attached hydrogen (secondary N) is 1. The zero-order valence-electron chi connectivity index (χ0n) is 7.66. The van der Waals surface area contributed by atoms with Crippen molar-refractivity contribution in [2.75, 3.05) is 13.1 Å². The van der Waals surface area contributed by atoms with Crippen molar-refractivity contribution in [3.05, 3.63) is 28.5 Å². The van der Waals surface area contributed by atoms with Crippen molar-refractivity contribution >= 4 is 21.8 Å². The zero-order chi connectivity index (χ0) is 10.4. The van der Waals surface area contributed by atoms with Crippen LogP contribution in [0.1, 0.15) is 16.8 Å². The maximum atomic E-state index is 11.5. The molecule has 4 nitrogen and oxygen atoms in total. The predicted octanol–water partition coefficient (Wildman–Crippen LogP) is 0.923. The van der Waals surface area contributed by atoms with Crippen LogP contribution in [0.15, 0.2) is 22.9 Å². The SMILES string of the molecule is NCCCNC(=O)c1ccnc(Br)c1. The van der Waals surface area contributed by atoms with Crippen LogP contribution >= 0.6 is 15.9 Å². The molecule has 0 saturated carbocycles. The molecule has 1 aromatic rings. The zero-order valence-corrected chi connectivity index (χ0v) is 9.25. The van der Waals surface area contributed by atoms with E-state index in [1.165, 1.54) is 0 Å². The van der Waals surface area contributed by atoms with Crippen LogP contribution in [0, 0.1) is 0 Å². The maximum Gasteiger partial charge on any atom is 0.251 e. The van der Waals surface area contributed by atoms with E-state index in [2.05, 4.69) is 26.2 Å². The number of amides is 1. The van der Waals surface area contributed by atoms with E-state index >= 15 is 0 Å². The van der Waals surface area contributed by atoms with Crippen LogP contribution in [0.4, 0.5) is 0 Å². The molecule has 0 aliphatic heterocycles. The summed E-state index contributed by atoms with van der Waals surface area (Å²) in [5.41, 5.74) is 5.91.